The number of rotatable bonds is 6. The van der Waals surface area contributed by atoms with E-state index >= 15 is 0 Å². The highest BCUT2D eigenvalue weighted by Gasteiger charge is 2.30. The molecule has 0 saturated heterocycles. The Morgan fingerprint density at radius 2 is 1.88 bits per heavy atom. The highest BCUT2D eigenvalue weighted by Crippen LogP contribution is 2.42. The van der Waals surface area contributed by atoms with Crippen LogP contribution in [0.2, 0.25) is 10.0 Å². The fraction of sp³-hybridized carbons (Fsp3) is 0.261. The van der Waals surface area contributed by atoms with Crippen molar-refractivity contribution in [1.82, 2.24) is 15.1 Å². The van der Waals surface area contributed by atoms with Crippen molar-refractivity contribution in [2.75, 3.05) is 11.9 Å². The molecule has 1 heterocycles. The van der Waals surface area contributed by atoms with Crippen molar-refractivity contribution in [2.24, 2.45) is 0 Å². The third-order valence-electron chi connectivity index (χ3n) is 5.17. The van der Waals surface area contributed by atoms with Gasteiger partial charge in [-0.1, -0.05) is 36.2 Å². The van der Waals surface area contributed by atoms with E-state index in [2.05, 4.69) is 15.7 Å². The largest absolute Gasteiger partial charge is 0.507 e. The number of hydrogen-bond acceptors (Lipinski definition) is 4. The monoisotopic (exact) mass is 472 g/mol. The number of nitrogens with one attached hydrogen (secondary N) is 2. The Morgan fingerprint density at radius 3 is 2.53 bits per heavy atom. The second kappa shape index (κ2) is 9.22. The summed E-state index contributed by atoms with van der Waals surface area (Å²) in [4.78, 5) is 25.3. The molecule has 2 amide bonds. The minimum atomic E-state index is -0.472. The topological polar surface area (TPSA) is 96.3 Å². The van der Waals surface area contributed by atoms with E-state index in [4.69, 9.17) is 23.2 Å². The van der Waals surface area contributed by atoms with Crippen LogP contribution in [-0.2, 0) is 0 Å². The van der Waals surface area contributed by atoms with Crippen molar-refractivity contribution in [3.63, 3.8) is 0 Å². The van der Waals surface area contributed by atoms with Crippen LogP contribution < -0.4 is 10.6 Å². The molecule has 3 N–H and O–H groups in total. The van der Waals surface area contributed by atoms with Crippen LogP contribution in [0.25, 0.3) is 11.3 Å². The van der Waals surface area contributed by atoms with Crippen molar-refractivity contribution < 1.29 is 14.7 Å². The average Bonchev–Trinajstić information content (AvgIpc) is 3.51. The first-order valence-electron chi connectivity index (χ1n) is 10.4. The average molecular weight is 473 g/mol. The van der Waals surface area contributed by atoms with E-state index < -0.39 is 5.91 Å². The summed E-state index contributed by atoms with van der Waals surface area (Å²) in [5.41, 5.74) is 2.25. The molecule has 2 aromatic carbocycles. The SMILES string of the molecule is CCCNC(=O)n1nc(-c2cc(NC(=O)c3c(Cl)cccc3Cl)ccc2O)cc1C1CC1. The van der Waals surface area contributed by atoms with E-state index in [0.29, 0.717) is 23.5 Å². The summed E-state index contributed by atoms with van der Waals surface area (Å²) in [6.45, 7) is 2.53. The molecule has 0 aliphatic heterocycles. The number of carbonyl (C=O) groups is 2. The van der Waals surface area contributed by atoms with E-state index in [1.807, 2.05) is 13.0 Å². The quantitative estimate of drug-likeness (QED) is 0.403. The van der Waals surface area contributed by atoms with Gasteiger partial charge in [-0.2, -0.15) is 9.78 Å². The Kier molecular flexibility index (Phi) is 6.39. The highest BCUT2D eigenvalue weighted by atomic mass is 35.5. The van der Waals surface area contributed by atoms with Crippen molar-refractivity contribution >= 4 is 40.8 Å². The summed E-state index contributed by atoms with van der Waals surface area (Å²) in [6, 6.07) is 11.0. The molecule has 0 unspecified atom stereocenters. The van der Waals surface area contributed by atoms with E-state index in [1.165, 1.54) is 10.7 Å². The standard InChI is InChI=1S/C23H22Cl2N4O3/c1-2-10-26-23(32)29-19(13-6-7-13)12-18(28-29)15-11-14(8-9-20(15)30)27-22(31)21-16(24)4-3-5-17(21)25/h3-5,8-9,11-13,30H,2,6-7,10H2,1H3,(H,26,32)(H,27,31). The van der Waals surface area contributed by atoms with Crippen molar-refractivity contribution in [1.29, 1.82) is 0 Å². The van der Waals surface area contributed by atoms with E-state index in [-0.39, 0.29) is 33.3 Å². The number of carbonyl (C=O) groups excluding carboxylic acids is 2. The lowest BCUT2D eigenvalue weighted by molar-refractivity contribution is 0.102. The Morgan fingerprint density at radius 1 is 1.16 bits per heavy atom. The number of benzene rings is 2. The first-order valence-corrected chi connectivity index (χ1v) is 11.1. The fourth-order valence-corrected chi connectivity index (χ4v) is 3.96. The lowest BCUT2D eigenvalue weighted by Gasteiger charge is -2.10. The van der Waals surface area contributed by atoms with Crippen LogP contribution in [0.4, 0.5) is 10.5 Å². The van der Waals surface area contributed by atoms with Crippen molar-refractivity contribution in [3.05, 3.63) is 63.8 Å². The Hall–Kier alpha value is -3.03. The lowest BCUT2D eigenvalue weighted by atomic mass is 10.1. The second-order valence-electron chi connectivity index (χ2n) is 7.66. The number of aromatic hydroxyl groups is 1. The first kappa shape index (κ1) is 22.2. The van der Waals surface area contributed by atoms with Gasteiger partial charge in [0.15, 0.2) is 0 Å². The predicted molar refractivity (Wildman–Crippen MR) is 125 cm³/mol. The van der Waals surface area contributed by atoms with Crippen molar-refractivity contribution in [3.8, 4) is 17.0 Å². The molecule has 1 fully saturated rings. The second-order valence-corrected chi connectivity index (χ2v) is 8.47. The number of halogens is 2. The molecule has 0 atom stereocenters. The minimum absolute atomic E-state index is 0.0141. The summed E-state index contributed by atoms with van der Waals surface area (Å²) in [7, 11) is 0. The molecule has 0 spiro atoms. The van der Waals surface area contributed by atoms with Crippen LogP contribution in [0, 0.1) is 0 Å². The molecule has 0 radical (unpaired) electrons. The smallest absolute Gasteiger partial charge is 0.342 e. The van der Waals surface area contributed by atoms with Gasteiger partial charge in [0.05, 0.1) is 27.0 Å². The number of aromatic nitrogens is 2. The number of hydrogen-bond donors (Lipinski definition) is 3. The third kappa shape index (κ3) is 4.59. The Bertz CT molecular complexity index is 1170. The Labute approximate surface area is 195 Å². The molecule has 166 valence electrons. The van der Waals surface area contributed by atoms with Crippen LogP contribution in [0.1, 0.15) is 48.2 Å². The zero-order valence-corrected chi connectivity index (χ0v) is 18.9. The van der Waals surface area contributed by atoms with Gasteiger partial charge in [-0.05, 0) is 55.7 Å². The van der Waals surface area contributed by atoms with Crippen LogP contribution in [-0.4, -0.2) is 33.4 Å². The molecule has 32 heavy (non-hydrogen) atoms. The van der Waals surface area contributed by atoms with E-state index in [1.54, 1.807) is 30.3 Å². The predicted octanol–water partition coefficient (Wildman–Crippen LogP) is 5.66. The van der Waals surface area contributed by atoms with Gasteiger partial charge in [-0.25, -0.2) is 4.79 Å². The summed E-state index contributed by atoms with van der Waals surface area (Å²) in [5, 5.41) is 21.0. The fourth-order valence-electron chi connectivity index (χ4n) is 3.39. The molecule has 9 heteroatoms. The third-order valence-corrected chi connectivity index (χ3v) is 5.80. The zero-order valence-electron chi connectivity index (χ0n) is 17.4. The molecule has 1 saturated carbocycles. The van der Waals surface area contributed by atoms with Crippen LogP contribution in [0.15, 0.2) is 42.5 Å². The Balaban J connectivity index is 1.65. The maximum Gasteiger partial charge on any atom is 0.342 e. The zero-order chi connectivity index (χ0) is 22.8. The van der Waals surface area contributed by atoms with Gasteiger partial charge < -0.3 is 15.7 Å². The van der Waals surface area contributed by atoms with Gasteiger partial charge in [0.25, 0.3) is 5.91 Å². The molecule has 1 aromatic heterocycles. The lowest BCUT2D eigenvalue weighted by Crippen LogP contribution is -2.31. The summed E-state index contributed by atoms with van der Waals surface area (Å²) in [5.74, 6) is -0.212. The normalized spacial score (nSPS) is 13.1. The van der Waals surface area contributed by atoms with Gasteiger partial charge in [0.1, 0.15) is 5.75 Å². The van der Waals surface area contributed by atoms with E-state index in [0.717, 1.165) is 25.0 Å². The molecular weight excluding hydrogens is 451 g/mol. The first-order chi connectivity index (χ1) is 15.4. The molecular formula is C23H22Cl2N4O3. The molecule has 0 bridgehead atoms. The van der Waals surface area contributed by atoms with Gasteiger partial charge >= 0.3 is 6.03 Å². The van der Waals surface area contributed by atoms with Crippen LogP contribution in [0.5, 0.6) is 5.75 Å². The molecule has 1 aliphatic carbocycles. The number of amides is 2. The van der Waals surface area contributed by atoms with Gasteiger partial charge in [0.2, 0.25) is 0 Å². The molecule has 7 nitrogen and oxygen atoms in total. The summed E-state index contributed by atoms with van der Waals surface area (Å²) in [6.07, 6.45) is 2.80. The maximum absolute atomic E-state index is 12.7. The van der Waals surface area contributed by atoms with Crippen LogP contribution in [0.3, 0.4) is 0 Å². The number of anilines is 1. The number of phenolic OH excluding ortho intramolecular Hbond substituents is 1. The highest BCUT2D eigenvalue weighted by molar-refractivity contribution is 6.40. The van der Waals surface area contributed by atoms with Gasteiger partial charge in [-0.3, -0.25) is 4.79 Å². The number of phenols is 1. The van der Waals surface area contributed by atoms with E-state index in [9.17, 15) is 14.7 Å². The maximum atomic E-state index is 12.7. The number of nitrogens with zero attached hydrogens (tertiary/aromatic N) is 2. The van der Waals surface area contributed by atoms with Gasteiger partial charge in [-0.15, -0.1) is 0 Å². The van der Waals surface area contributed by atoms with Gasteiger partial charge in [0, 0.05) is 23.7 Å². The van der Waals surface area contributed by atoms with Crippen LogP contribution >= 0.6 is 23.2 Å². The summed E-state index contributed by atoms with van der Waals surface area (Å²) < 4.78 is 1.37. The van der Waals surface area contributed by atoms with Crippen molar-refractivity contribution in [2.45, 2.75) is 32.1 Å². The summed E-state index contributed by atoms with van der Waals surface area (Å²) >= 11 is 12.3. The molecule has 1 aliphatic rings. The minimum Gasteiger partial charge on any atom is -0.507 e. The molecule has 3 aromatic rings. The molecule has 4 rings (SSSR count).